The molecule has 2 aromatic carbocycles. The molecule has 106 valence electrons. The highest BCUT2D eigenvalue weighted by molar-refractivity contribution is 5.81. The molecular formula is C17H16FN3. The molecule has 3 aromatic rings. The highest BCUT2D eigenvalue weighted by atomic mass is 19.1. The first-order valence-corrected chi connectivity index (χ1v) is 6.73. The molecule has 3 rings (SSSR count). The molecule has 0 bridgehead atoms. The number of halogens is 1. The lowest BCUT2D eigenvalue weighted by Gasteiger charge is -2.08. The van der Waals surface area contributed by atoms with E-state index in [9.17, 15) is 4.39 Å². The Kier molecular flexibility index (Phi) is 3.22. The molecule has 2 N–H and O–H groups in total. The highest BCUT2D eigenvalue weighted by Gasteiger charge is 2.13. The summed E-state index contributed by atoms with van der Waals surface area (Å²) in [6.45, 7) is 6.34. The average Bonchev–Trinajstić information content (AvgIpc) is 2.80. The van der Waals surface area contributed by atoms with Gasteiger partial charge in [-0.3, -0.25) is 0 Å². The van der Waals surface area contributed by atoms with E-state index in [1.165, 1.54) is 12.1 Å². The highest BCUT2D eigenvalue weighted by Crippen LogP contribution is 2.27. The third-order valence-electron chi connectivity index (χ3n) is 3.56. The number of hydrogen-bond acceptors (Lipinski definition) is 2. The van der Waals surface area contributed by atoms with Crippen molar-refractivity contribution in [1.29, 1.82) is 0 Å². The van der Waals surface area contributed by atoms with Crippen LogP contribution in [-0.4, -0.2) is 9.55 Å². The summed E-state index contributed by atoms with van der Waals surface area (Å²) in [7, 11) is 0. The number of aromatic nitrogens is 2. The maximum absolute atomic E-state index is 13.4. The van der Waals surface area contributed by atoms with E-state index in [-0.39, 0.29) is 5.82 Å². The Balaban J connectivity index is 2.27. The summed E-state index contributed by atoms with van der Waals surface area (Å²) in [6.07, 6.45) is 1.80. The molecule has 0 aliphatic carbocycles. The van der Waals surface area contributed by atoms with Crippen molar-refractivity contribution in [2.24, 2.45) is 0 Å². The summed E-state index contributed by atoms with van der Waals surface area (Å²) in [4.78, 5) is 4.55. The van der Waals surface area contributed by atoms with Gasteiger partial charge in [0.05, 0.1) is 11.0 Å². The third-order valence-corrected chi connectivity index (χ3v) is 3.56. The van der Waals surface area contributed by atoms with Crippen LogP contribution in [0, 0.1) is 12.7 Å². The van der Waals surface area contributed by atoms with Crippen molar-refractivity contribution < 1.29 is 4.39 Å². The minimum atomic E-state index is -0.291. The first kappa shape index (κ1) is 13.4. The van der Waals surface area contributed by atoms with E-state index < -0.39 is 0 Å². The van der Waals surface area contributed by atoms with Crippen molar-refractivity contribution in [3.05, 3.63) is 60.4 Å². The lowest BCUT2D eigenvalue weighted by molar-refractivity contribution is 0.629. The molecule has 0 radical (unpaired) electrons. The van der Waals surface area contributed by atoms with E-state index >= 15 is 0 Å². The number of nitrogen functional groups attached to an aromatic ring is 1. The molecule has 3 nitrogen and oxygen atoms in total. The second kappa shape index (κ2) is 5.05. The van der Waals surface area contributed by atoms with Crippen molar-refractivity contribution in [2.75, 3.05) is 5.73 Å². The van der Waals surface area contributed by atoms with Crippen LogP contribution in [0.5, 0.6) is 0 Å². The van der Waals surface area contributed by atoms with Crippen LogP contribution in [0.1, 0.15) is 5.56 Å². The van der Waals surface area contributed by atoms with Gasteiger partial charge >= 0.3 is 0 Å². The summed E-state index contributed by atoms with van der Waals surface area (Å²) >= 11 is 0. The van der Waals surface area contributed by atoms with E-state index in [4.69, 9.17) is 5.73 Å². The largest absolute Gasteiger partial charge is 0.398 e. The Hall–Kier alpha value is -2.62. The van der Waals surface area contributed by atoms with Crippen LogP contribution in [0.15, 0.2) is 49.1 Å². The second-order valence-corrected chi connectivity index (χ2v) is 5.04. The molecule has 21 heavy (non-hydrogen) atoms. The molecule has 0 aliphatic rings. The van der Waals surface area contributed by atoms with Gasteiger partial charge in [0.15, 0.2) is 0 Å². The van der Waals surface area contributed by atoms with E-state index in [1.807, 2.05) is 29.7 Å². The number of nitrogens with two attached hydrogens (primary N) is 1. The van der Waals surface area contributed by atoms with Gasteiger partial charge in [-0.2, -0.15) is 0 Å². The maximum Gasteiger partial charge on any atom is 0.141 e. The molecule has 4 heteroatoms. The molecule has 1 aromatic heterocycles. The van der Waals surface area contributed by atoms with Crippen LogP contribution in [0.25, 0.3) is 22.4 Å². The topological polar surface area (TPSA) is 43.8 Å². The number of fused-ring (bicyclic) bond motifs is 1. The van der Waals surface area contributed by atoms with Gasteiger partial charge < -0.3 is 10.3 Å². The second-order valence-electron chi connectivity index (χ2n) is 5.04. The Morgan fingerprint density at radius 1 is 1.29 bits per heavy atom. The van der Waals surface area contributed by atoms with Crippen LogP contribution in [0.2, 0.25) is 0 Å². The van der Waals surface area contributed by atoms with Gasteiger partial charge in [0.25, 0.3) is 0 Å². The van der Waals surface area contributed by atoms with Crippen molar-refractivity contribution in [3.63, 3.8) is 0 Å². The van der Waals surface area contributed by atoms with Crippen LogP contribution in [0.4, 0.5) is 10.1 Å². The van der Waals surface area contributed by atoms with Crippen molar-refractivity contribution in [3.8, 4) is 11.4 Å². The zero-order chi connectivity index (χ0) is 15.0. The predicted molar refractivity (Wildman–Crippen MR) is 84.5 cm³/mol. The number of rotatable bonds is 3. The summed E-state index contributed by atoms with van der Waals surface area (Å²) in [5.41, 5.74) is 10.1. The fourth-order valence-corrected chi connectivity index (χ4v) is 2.42. The normalized spacial score (nSPS) is 11.0. The lowest BCUT2D eigenvalue weighted by atomic mass is 10.1. The Labute approximate surface area is 122 Å². The van der Waals surface area contributed by atoms with Crippen LogP contribution >= 0.6 is 0 Å². The van der Waals surface area contributed by atoms with Crippen LogP contribution < -0.4 is 5.73 Å². The number of imidazole rings is 1. The van der Waals surface area contributed by atoms with E-state index in [0.717, 1.165) is 28.2 Å². The summed E-state index contributed by atoms with van der Waals surface area (Å²) in [5.74, 6) is 0.475. The Morgan fingerprint density at radius 2 is 2.10 bits per heavy atom. The van der Waals surface area contributed by atoms with Gasteiger partial charge in [-0.05, 0) is 30.7 Å². The van der Waals surface area contributed by atoms with Gasteiger partial charge in [-0.15, -0.1) is 6.58 Å². The fraction of sp³-hybridized carbons (Fsp3) is 0.118. The molecule has 0 aliphatic heterocycles. The van der Waals surface area contributed by atoms with Crippen molar-refractivity contribution >= 4 is 16.7 Å². The summed E-state index contributed by atoms with van der Waals surface area (Å²) in [6, 6.07) is 10.5. The third kappa shape index (κ3) is 2.29. The standard InChI is InChI=1S/C17H16FN3/c1-3-8-21-16-7-6-13(18)10-15(16)20-17(21)12-5-4-11(2)14(19)9-12/h3-7,9-10H,1,8,19H2,2H3. The first-order chi connectivity index (χ1) is 10.1. The summed E-state index contributed by atoms with van der Waals surface area (Å²) in [5, 5.41) is 0. The number of benzene rings is 2. The molecule has 0 spiro atoms. The molecule has 0 amide bonds. The minimum absolute atomic E-state index is 0.291. The maximum atomic E-state index is 13.4. The van der Waals surface area contributed by atoms with Gasteiger partial charge in [-0.25, -0.2) is 9.37 Å². The number of nitrogens with zero attached hydrogens (tertiary/aromatic N) is 2. The van der Waals surface area contributed by atoms with Gasteiger partial charge in [0, 0.05) is 23.9 Å². The number of anilines is 1. The number of allylic oxidation sites excluding steroid dienone is 1. The average molecular weight is 281 g/mol. The van der Waals surface area contributed by atoms with E-state index in [0.29, 0.717) is 12.1 Å². The zero-order valence-electron chi connectivity index (χ0n) is 11.8. The van der Waals surface area contributed by atoms with Crippen molar-refractivity contribution in [2.45, 2.75) is 13.5 Å². The van der Waals surface area contributed by atoms with Gasteiger partial charge in [-0.1, -0.05) is 18.2 Å². The predicted octanol–water partition coefficient (Wildman–Crippen LogP) is 3.92. The van der Waals surface area contributed by atoms with Crippen LogP contribution in [-0.2, 0) is 6.54 Å². The molecular weight excluding hydrogens is 265 g/mol. The smallest absolute Gasteiger partial charge is 0.141 e. The molecule has 0 fully saturated rings. The minimum Gasteiger partial charge on any atom is -0.398 e. The molecule has 1 heterocycles. The molecule has 0 saturated carbocycles. The zero-order valence-corrected chi connectivity index (χ0v) is 11.8. The van der Waals surface area contributed by atoms with Gasteiger partial charge in [0.2, 0.25) is 0 Å². The molecule has 0 atom stereocenters. The number of aryl methyl sites for hydroxylation is 1. The Morgan fingerprint density at radius 3 is 2.81 bits per heavy atom. The van der Waals surface area contributed by atoms with E-state index in [2.05, 4.69) is 11.6 Å². The quantitative estimate of drug-likeness (QED) is 0.584. The lowest BCUT2D eigenvalue weighted by Crippen LogP contribution is -1.99. The fourth-order valence-electron chi connectivity index (χ4n) is 2.42. The van der Waals surface area contributed by atoms with Crippen LogP contribution in [0.3, 0.4) is 0 Å². The van der Waals surface area contributed by atoms with Gasteiger partial charge in [0.1, 0.15) is 11.6 Å². The first-order valence-electron chi connectivity index (χ1n) is 6.73. The number of hydrogen-bond donors (Lipinski definition) is 1. The molecule has 0 unspecified atom stereocenters. The van der Waals surface area contributed by atoms with Crippen molar-refractivity contribution in [1.82, 2.24) is 9.55 Å². The monoisotopic (exact) mass is 281 g/mol. The summed E-state index contributed by atoms with van der Waals surface area (Å²) < 4.78 is 15.4. The molecule has 0 saturated heterocycles. The SMILES string of the molecule is C=CCn1c(-c2ccc(C)c(N)c2)nc2cc(F)ccc21. The Bertz CT molecular complexity index is 833. The van der Waals surface area contributed by atoms with E-state index in [1.54, 1.807) is 12.1 Å².